The van der Waals surface area contributed by atoms with Crippen LogP contribution in [0.25, 0.3) is 32.9 Å². The second-order valence-electron chi connectivity index (χ2n) is 10.9. The number of fused-ring (bicyclic) bond motifs is 3. The molecule has 0 saturated carbocycles. The van der Waals surface area contributed by atoms with Crippen molar-refractivity contribution < 1.29 is 23.0 Å². The zero-order chi connectivity index (χ0) is 28.3. The average molecular weight is 561 g/mol. The van der Waals surface area contributed by atoms with Crippen LogP contribution in [0.2, 0.25) is 0 Å². The summed E-state index contributed by atoms with van der Waals surface area (Å²) in [7, 11) is 0. The number of ether oxygens (including phenoxy) is 1. The first kappa shape index (κ1) is 25.8. The van der Waals surface area contributed by atoms with Gasteiger partial charge in [-0.1, -0.05) is 12.0 Å². The summed E-state index contributed by atoms with van der Waals surface area (Å²) in [5, 5.41) is 13.3. The van der Waals surface area contributed by atoms with Crippen molar-refractivity contribution in [2.45, 2.75) is 37.4 Å². The number of anilines is 1. The van der Waals surface area contributed by atoms with Gasteiger partial charge < -0.3 is 9.84 Å². The minimum atomic E-state index is -0.915. The van der Waals surface area contributed by atoms with E-state index < -0.39 is 23.3 Å². The summed E-state index contributed by atoms with van der Waals surface area (Å²) in [5.74, 6) is 1.17. The molecule has 3 saturated heterocycles. The Labute approximate surface area is 234 Å². The molecule has 4 aromatic rings. The normalized spacial score (nSPS) is 22.5. The number of hydrogen-bond acceptors (Lipinski definition) is 8. The molecule has 41 heavy (non-hydrogen) atoms. The number of hydrazine groups is 1. The Bertz CT molecular complexity index is 1740. The minimum Gasteiger partial charge on any atom is -0.508 e. The molecule has 0 radical (unpaired) electrons. The first-order valence-corrected chi connectivity index (χ1v) is 13.7. The zero-order valence-electron chi connectivity index (χ0n) is 22.1. The van der Waals surface area contributed by atoms with E-state index in [9.17, 15) is 13.9 Å². The van der Waals surface area contributed by atoms with E-state index in [0.717, 1.165) is 32.4 Å². The Morgan fingerprint density at radius 3 is 2.88 bits per heavy atom. The number of benzene rings is 2. The Hall–Kier alpha value is -4.14. The quantitative estimate of drug-likeness (QED) is 0.346. The van der Waals surface area contributed by atoms with Crippen LogP contribution in [0.15, 0.2) is 30.5 Å². The van der Waals surface area contributed by atoms with Gasteiger partial charge in [0.15, 0.2) is 11.6 Å². The summed E-state index contributed by atoms with van der Waals surface area (Å²) < 4.78 is 51.6. The monoisotopic (exact) mass is 560 g/mol. The van der Waals surface area contributed by atoms with Crippen LogP contribution in [0.5, 0.6) is 11.8 Å². The van der Waals surface area contributed by atoms with E-state index in [1.165, 1.54) is 30.5 Å². The predicted molar refractivity (Wildman–Crippen MR) is 148 cm³/mol. The molecule has 0 bridgehead atoms. The summed E-state index contributed by atoms with van der Waals surface area (Å²) >= 11 is 0. The number of halogens is 3. The highest BCUT2D eigenvalue weighted by atomic mass is 19.1. The molecule has 11 heteroatoms. The minimum absolute atomic E-state index is 0.0306. The number of alkyl halides is 1. The molecule has 5 heterocycles. The highest BCUT2D eigenvalue weighted by Gasteiger charge is 2.49. The molecule has 3 aliphatic rings. The lowest BCUT2D eigenvalue weighted by atomic mass is 9.95. The van der Waals surface area contributed by atoms with Gasteiger partial charge in [-0.15, -0.1) is 6.42 Å². The van der Waals surface area contributed by atoms with Crippen LogP contribution in [0, 0.1) is 24.0 Å². The molecular weight excluding hydrogens is 533 g/mol. The van der Waals surface area contributed by atoms with Crippen molar-refractivity contribution >= 4 is 27.5 Å². The van der Waals surface area contributed by atoms with Crippen LogP contribution < -0.4 is 15.2 Å². The van der Waals surface area contributed by atoms with Gasteiger partial charge in [0.05, 0.1) is 16.5 Å². The maximum absolute atomic E-state index is 16.5. The second-order valence-corrected chi connectivity index (χ2v) is 10.9. The number of phenolic OH excluding ortho intramolecular Hbond substituents is 1. The smallest absolute Gasteiger partial charge is 0.319 e. The first-order chi connectivity index (χ1) is 19.9. The molecule has 3 aliphatic heterocycles. The van der Waals surface area contributed by atoms with Gasteiger partial charge in [0.25, 0.3) is 0 Å². The zero-order valence-corrected chi connectivity index (χ0v) is 22.1. The van der Waals surface area contributed by atoms with E-state index in [0.29, 0.717) is 36.1 Å². The molecule has 210 valence electrons. The Balaban J connectivity index is 1.38. The van der Waals surface area contributed by atoms with Gasteiger partial charge in [-0.25, -0.2) is 18.6 Å². The molecule has 0 spiro atoms. The van der Waals surface area contributed by atoms with Gasteiger partial charge in [0, 0.05) is 43.2 Å². The van der Waals surface area contributed by atoms with Crippen molar-refractivity contribution in [1.29, 1.82) is 0 Å². The fraction of sp³-hybridized carbons (Fsp3) is 0.367. The summed E-state index contributed by atoms with van der Waals surface area (Å²) in [6.45, 7) is 2.74. The van der Waals surface area contributed by atoms with E-state index in [1.807, 2.05) is 0 Å². The number of pyridine rings is 1. The van der Waals surface area contributed by atoms with Crippen LogP contribution in [0.3, 0.4) is 0 Å². The number of aromatic hydroxyl groups is 1. The number of hydrogen-bond donors (Lipinski definition) is 2. The van der Waals surface area contributed by atoms with Gasteiger partial charge in [0.2, 0.25) is 0 Å². The van der Waals surface area contributed by atoms with E-state index in [1.54, 1.807) is 5.01 Å². The lowest BCUT2D eigenvalue weighted by Gasteiger charge is -2.31. The molecule has 0 aliphatic carbocycles. The van der Waals surface area contributed by atoms with Crippen LogP contribution >= 0.6 is 0 Å². The summed E-state index contributed by atoms with van der Waals surface area (Å²) in [5.41, 5.74) is 2.68. The average Bonchev–Trinajstić information content (AvgIpc) is 3.69. The lowest BCUT2D eigenvalue weighted by Crippen LogP contribution is -2.43. The van der Waals surface area contributed by atoms with Gasteiger partial charge in [-0.2, -0.15) is 9.97 Å². The fourth-order valence-electron chi connectivity index (χ4n) is 6.59. The molecule has 0 amide bonds. The largest absolute Gasteiger partial charge is 0.508 e. The highest BCUT2D eigenvalue weighted by Crippen LogP contribution is 2.41. The third-order valence-corrected chi connectivity index (χ3v) is 8.44. The van der Waals surface area contributed by atoms with Crippen molar-refractivity contribution in [2.24, 2.45) is 0 Å². The Morgan fingerprint density at radius 2 is 2.07 bits per heavy atom. The molecular formula is C30H27F3N6O2. The Morgan fingerprint density at radius 1 is 1.20 bits per heavy atom. The molecule has 2 aromatic heterocycles. The van der Waals surface area contributed by atoms with Gasteiger partial charge in [-0.3, -0.25) is 14.9 Å². The maximum atomic E-state index is 16.5. The second kappa shape index (κ2) is 9.75. The number of aromatic nitrogens is 3. The van der Waals surface area contributed by atoms with Crippen LogP contribution in [-0.4, -0.2) is 69.5 Å². The maximum Gasteiger partial charge on any atom is 0.319 e. The van der Waals surface area contributed by atoms with Crippen molar-refractivity contribution in [3.63, 3.8) is 0 Å². The molecule has 2 aromatic carbocycles. The summed E-state index contributed by atoms with van der Waals surface area (Å²) in [6, 6.07) is 5.38. The molecule has 8 nitrogen and oxygen atoms in total. The van der Waals surface area contributed by atoms with Crippen molar-refractivity contribution in [1.82, 2.24) is 25.3 Å². The highest BCUT2D eigenvalue weighted by molar-refractivity contribution is 6.03. The SMILES string of the molecule is C#Cc1c(F)ccc2cc(O)cc(-c3ncc4c(N5CCCN5)nc(OC[C@@]56CCCN5C[C@H](F)C6)nc4c3F)c12. The standard InChI is InChI=1S/C30H27F3N6O2/c1-2-20-23(32)6-5-17-11-19(40)12-21(24(17)20)26-25(33)27-22(14-34-26)28(39-10-4-8-35-39)37-29(36-27)41-16-30-7-3-9-38(30)15-18(31)13-30/h1,5-6,11-12,14,18,35,40H,3-4,7-10,13,15-16H2/t18-,30+/m1/s1. The van der Waals surface area contributed by atoms with Crippen LogP contribution in [0.4, 0.5) is 19.0 Å². The van der Waals surface area contributed by atoms with Crippen molar-refractivity contribution in [3.05, 3.63) is 47.7 Å². The lowest BCUT2D eigenvalue weighted by molar-refractivity contribution is 0.107. The number of rotatable bonds is 5. The van der Waals surface area contributed by atoms with Crippen molar-refractivity contribution in [3.8, 4) is 35.4 Å². The van der Waals surface area contributed by atoms with E-state index in [-0.39, 0.29) is 46.1 Å². The summed E-state index contributed by atoms with van der Waals surface area (Å²) in [4.78, 5) is 15.6. The third-order valence-electron chi connectivity index (χ3n) is 8.44. The molecule has 2 atom stereocenters. The number of nitrogens with zero attached hydrogens (tertiary/aromatic N) is 5. The molecule has 3 fully saturated rings. The van der Waals surface area contributed by atoms with E-state index >= 15 is 4.39 Å². The predicted octanol–water partition coefficient (Wildman–Crippen LogP) is 4.48. The third kappa shape index (κ3) is 4.21. The summed E-state index contributed by atoms with van der Waals surface area (Å²) in [6.07, 6.45) is 9.18. The number of terminal acetylenes is 1. The molecule has 2 N–H and O–H groups in total. The van der Waals surface area contributed by atoms with Gasteiger partial charge >= 0.3 is 6.01 Å². The number of nitrogens with one attached hydrogen (secondary N) is 1. The number of phenols is 1. The molecule has 0 unspecified atom stereocenters. The fourth-order valence-corrected chi connectivity index (χ4v) is 6.59. The van der Waals surface area contributed by atoms with E-state index in [4.69, 9.17) is 11.2 Å². The van der Waals surface area contributed by atoms with E-state index in [2.05, 4.69) is 31.2 Å². The van der Waals surface area contributed by atoms with Crippen molar-refractivity contribution in [2.75, 3.05) is 37.8 Å². The van der Waals surface area contributed by atoms with Crippen LogP contribution in [-0.2, 0) is 0 Å². The van der Waals surface area contributed by atoms with Crippen LogP contribution in [0.1, 0.15) is 31.2 Å². The Kier molecular flexibility index (Phi) is 6.14. The van der Waals surface area contributed by atoms with Gasteiger partial charge in [-0.05, 0) is 49.4 Å². The van der Waals surface area contributed by atoms with Gasteiger partial charge in [0.1, 0.15) is 35.6 Å². The first-order valence-electron chi connectivity index (χ1n) is 13.7. The molecule has 7 rings (SSSR count). The topological polar surface area (TPSA) is 86.6 Å².